The average Bonchev–Trinajstić information content (AvgIpc) is 3.03. The Morgan fingerprint density at radius 3 is 2.53 bits per heavy atom. The van der Waals surface area contributed by atoms with Gasteiger partial charge in [-0.2, -0.15) is 10.2 Å². The molecule has 0 aliphatic carbocycles. The molecule has 3 heterocycles. The van der Waals surface area contributed by atoms with Crippen LogP contribution < -0.4 is 25.6 Å². The van der Waals surface area contributed by atoms with Crippen molar-refractivity contribution in [2.45, 2.75) is 18.9 Å². The van der Waals surface area contributed by atoms with Crippen LogP contribution in [0.4, 0.5) is 34.5 Å². The van der Waals surface area contributed by atoms with Crippen molar-refractivity contribution in [2.24, 2.45) is 0 Å². The summed E-state index contributed by atoms with van der Waals surface area (Å²) in [7, 11) is 3.77. The molecule has 1 amide bonds. The molecule has 2 saturated heterocycles. The number of hydrogen-bond acceptors (Lipinski definition) is 10. The molecule has 11 nitrogen and oxygen atoms in total. The molecule has 3 N–H and O–H groups in total. The number of piperazine rings is 1. The fourth-order valence-corrected chi connectivity index (χ4v) is 5.63. The number of ether oxygens (including phenoxy) is 1. The lowest BCUT2D eigenvalue weighted by atomic mass is 10.0. The second kappa shape index (κ2) is 13.7. The van der Waals surface area contributed by atoms with Crippen molar-refractivity contribution >= 4 is 52.0 Å². The van der Waals surface area contributed by atoms with Crippen LogP contribution in [-0.2, 0) is 4.79 Å². The Kier molecular flexibility index (Phi) is 9.61. The smallest absolute Gasteiger partial charge is 0.247 e. The van der Waals surface area contributed by atoms with Crippen LogP contribution in [0.25, 0.3) is 0 Å². The molecule has 2 fully saturated rings. The topological polar surface area (TPSA) is 122 Å². The van der Waals surface area contributed by atoms with E-state index in [-0.39, 0.29) is 11.9 Å². The molecule has 0 bridgehead atoms. The molecule has 0 radical (unpaired) electrons. The molecular formula is C31H36ClN9O2. The van der Waals surface area contributed by atoms with E-state index in [1.807, 2.05) is 18.2 Å². The molecule has 12 heteroatoms. The maximum Gasteiger partial charge on any atom is 0.247 e. The minimum Gasteiger partial charge on any atom is -0.494 e. The number of methoxy groups -OCH3 is 1. The molecule has 1 aromatic heterocycles. The normalized spacial score (nSPS) is 16.3. The first-order chi connectivity index (χ1) is 20.9. The molecule has 224 valence electrons. The number of piperidine rings is 1. The van der Waals surface area contributed by atoms with Gasteiger partial charge in [0.15, 0.2) is 5.82 Å². The summed E-state index contributed by atoms with van der Waals surface area (Å²) < 4.78 is 5.77. The molecule has 3 aromatic rings. The van der Waals surface area contributed by atoms with Gasteiger partial charge in [0, 0.05) is 51.4 Å². The number of hydrogen-bond donors (Lipinski definition) is 3. The number of benzene rings is 2. The number of rotatable bonds is 9. The maximum absolute atomic E-state index is 12.5. The van der Waals surface area contributed by atoms with E-state index < -0.39 is 0 Å². The van der Waals surface area contributed by atoms with E-state index in [9.17, 15) is 10.1 Å². The van der Waals surface area contributed by atoms with Crippen molar-refractivity contribution < 1.29 is 9.53 Å². The molecule has 2 aromatic carbocycles. The van der Waals surface area contributed by atoms with Crippen LogP contribution in [-0.4, -0.2) is 85.1 Å². The lowest BCUT2D eigenvalue weighted by Crippen LogP contribution is -2.52. The van der Waals surface area contributed by atoms with Gasteiger partial charge in [-0.1, -0.05) is 30.3 Å². The summed E-state index contributed by atoms with van der Waals surface area (Å²) in [6.45, 7) is 9.76. The third-order valence-corrected chi connectivity index (χ3v) is 8.19. The first-order valence-electron chi connectivity index (χ1n) is 14.3. The zero-order chi connectivity index (χ0) is 30.3. The van der Waals surface area contributed by atoms with Gasteiger partial charge in [-0.3, -0.25) is 9.69 Å². The van der Waals surface area contributed by atoms with Crippen LogP contribution >= 0.6 is 11.6 Å². The van der Waals surface area contributed by atoms with Crippen LogP contribution in [0.5, 0.6) is 5.75 Å². The number of para-hydroxylation sites is 1. The minimum atomic E-state index is -0.310. The summed E-state index contributed by atoms with van der Waals surface area (Å²) in [5.74, 6) is 0.841. The number of anilines is 6. The lowest BCUT2D eigenvalue weighted by Gasteiger charge is -2.43. The Morgan fingerprint density at radius 2 is 1.84 bits per heavy atom. The highest BCUT2D eigenvalue weighted by atomic mass is 35.5. The van der Waals surface area contributed by atoms with E-state index in [0.29, 0.717) is 45.3 Å². The predicted octanol–water partition coefficient (Wildman–Crippen LogP) is 4.84. The molecular weight excluding hydrogens is 566 g/mol. The van der Waals surface area contributed by atoms with Crippen molar-refractivity contribution in [2.75, 3.05) is 74.3 Å². The number of halogens is 1. The molecule has 0 saturated carbocycles. The van der Waals surface area contributed by atoms with Gasteiger partial charge in [-0.05, 0) is 44.2 Å². The Hall–Kier alpha value is -4.37. The van der Waals surface area contributed by atoms with Crippen molar-refractivity contribution in [3.05, 3.63) is 65.8 Å². The van der Waals surface area contributed by atoms with Crippen LogP contribution in [0, 0.1) is 11.3 Å². The number of likely N-dealkylation sites (N-methyl/N-ethyl adjacent to an activating group) is 1. The second-order valence-electron chi connectivity index (χ2n) is 10.6. The van der Waals surface area contributed by atoms with Crippen molar-refractivity contribution in [1.82, 2.24) is 19.8 Å². The van der Waals surface area contributed by atoms with Gasteiger partial charge < -0.3 is 30.5 Å². The van der Waals surface area contributed by atoms with E-state index in [1.54, 1.807) is 25.3 Å². The first kappa shape index (κ1) is 30.1. The highest BCUT2D eigenvalue weighted by molar-refractivity contribution is 6.33. The lowest BCUT2D eigenvalue weighted by molar-refractivity contribution is -0.111. The predicted molar refractivity (Wildman–Crippen MR) is 171 cm³/mol. The standard InChI is InChI=1S/C31H36ClN9O2/c1-4-29(42)35-25-17-26(37-31-34-20-23(32)30(38-31)36-24-8-6-5-7-21(24)19-33)28(43-3)18-27(25)41-11-9-22(10-12-41)40-15-13-39(2)14-16-40/h4-8,17-18,20,22H,1,9-16H2,2-3H3,(H,35,42)(H2,34,36,37,38). The highest BCUT2D eigenvalue weighted by Crippen LogP contribution is 2.40. The molecule has 2 aliphatic rings. The Morgan fingerprint density at radius 1 is 1.09 bits per heavy atom. The van der Waals surface area contributed by atoms with Crippen LogP contribution in [0.3, 0.4) is 0 Å². The van der Waals surface area contributed by atoms with Gasteiger partial charge >= 0.3 is 0 Å². The van der Waals surface area contributed by atoms with Gasteiger partial charge in [0.2, 0.25) is 11.9 Å². The van der Waals surface area contributed by atoms with Crippen LogP contribution in [0.15, 0.2) is 55.3 Å². The van der Waals surface area contributed by atoms with Crippen LogP contribution in [0.1, 0.15) is 18.4 Å². The molecule has 5 rings (SSSR count). The highest BCUT2D eigenvalue weighted by Gasteiger charge is 2.28. The summed E-state index contributed by atoms with van der Waals surface area (Å²) in [5, 5.41) is 19.0. The fraction of sp³-hybridized carbons (Fsp3) is 0.355. The monoisotopic (exact) mass is 601 g/mol. The Bertz CT molecular complexity index is 1510. The third-order valence-electron chi connectivity index (χ3n) is 7.91. The maximum atomic E-state index is 12.5. The fourth-order valence-electron chi connectivity index (χ4n) is 5.49. The van der Waals surface area contributed by atoms with Crippen molar-refractivity contribution in [1.29, 1.82) is 5.26 Å². The summed E-state index contributed by atoms with van der Waals surface area (Å²) in [6.07, 6.45) is 4.81. The average molecular weight is 602 g/mol. The molecule has 0 atom stereocenters. The van der Waals surface area contributed by atoms with E-state index in [4.69, 9.17) is 16.3 Å². The third kappa shape index (κ3) is 7.17. The van der Waals surface area contributed by atoms with Gasteiger partial charge in [0.25, 0.3) is 0 Å². The van der Waals surface area contributed by atoms with E-state index >= 15 is 0 Å². The number of carbonyl (C=O) groups is 1. The van der Waals surface area contributed by atoms with E-state index in [2.05, 4.69) is 60.3 Å². The largest absolute Gasteiger partial charge is 0.494 e. The zero-order valence-electron chi connectivity index (χ0n) is 24.4. The number of nitriles is 1. The number of aromatic nitrogens is 2. The molecule has 0 unspecified atom stereocenters. The number of nitrogens with zero attached hydrogens (tertiary/aromatic N) is 6. The number of nitrogens with one attached hydrogen (secondary N) is 3. The number of amides is 1. The zero-order valence-corrected chi connectivity index (χ0v) is 25.2. The summed E-state index contributed by atoms with van der Waals surface area (Å²) in [4.78, 5) is 28.6. The number of carbonyl (C=O) groups excluding carboxylic acids is 1. The SMILES string of the molecule is C=CC(=O)Nc1cc(Nc2ncc(Cl)c(Nc3ccccc3C#N)n2)c(OC)cc1N1CCC(N2CCN(C)CC2)CC1. The molecule has 0 spiro atoms. The summed E-state index contributed by atoms with van der Waals surface area (Å²) in [5.41, 5.74) is 3.09. The Balaban J connectivity index is 1.38. The van der Waals surface area contributed by atoms with E-state index in [1.165, 1.54) is 12.3 Å². The van der Waals surface area contributed by atoms with Crippen molar-refractivity contribution in [3.63, 3.8) is 0 Å². The molecule has 2 aliphatic heterocycles. The van der Waals surface area contributed by atoms with Crippen molar-refractivity contribution in [3.8, 4) is 11.8 Å². The van der Waals surface area contributed by atoms with Gasteiger partial charge in [-0.25, -0.2) is 4.98 Å². The van der Waals surface area contributed by atoms with Gasteiger partial charge in [0.05, 0.1) is 41.6 Å². The summed E-state index contributed by atoms with van der Waals surface area (Å²) >= 11 is 6.38. The van der Waals surface area contributed by atoms with Gasteiger partial charge in [-0.15, -0.1) is 0 Å². The van der Waals surface area contributed by atoms with E-state index in [0.717, 1.165) is 57.8 Å². The minimum absolute atomic E-state index is 0.251. The summed E-state index contributed by atoms with van der Waals surface area (Å²) in [6, 6.07) is 13.5. The second-order valence-corrected chi connectivity index (χ2v) is 11.0. The quantitative estimate of drug-likeness (QED) is 0.294. The Labute approximate surface area is 257 Å². The molecule has 43 heavy (non-hydrogen) atoms. The first-order valence-corrected chi connectivity index (χ1v) is 14.6. The van der Waals surface area contributed by atoms with Gasteiger partial charge in [0.1, 0.15) is 16.8 Å². The van der Waals surface area contributed by atoms with Crippen LogP contribution in [0.2, 0.25) is 5.02 Å².